The predicted octanol–water partition coefficient (Wildman–Crippen LogP) is 1.83. The Kier molecular flexibility index (Phi) is 3.10. The van der Waals surface area contributed by atoms with Gasteiger partial charge in [0.1, 0.15) is 12.2 Å². The fourth-order valence-electron chi connectivity index (χ4n) is 2.56. The molecular formula is C12H17N5O. The van der Waals surface area contributed by atoms with Crippen LogP contribution in [0.3, 0.4) is 0 Å². The summed E-state index contributed by atoms with van der Waals surface area (Å²) in [6.07, 6.45) is 5.14. The minimum atomic E-state index is 0.312. The zero-order valence-electron chi connectivity index (χ0n) is 10.5. The lowest BCUT2D eigenvalue weighted by Gasteiger charge is -2.33. The van der Waals surface area contributed by atoms with Crippen molar-refractivity contribution in [2.75, 3.05) is 6.54 Å². The summed E-state index contributed by atoms with van der Waals surface area (Å²) in [4.78, 5) is 6.66. The highest BCUT2D eigenvalue weighted by Gasteiger charge is 2.26. The second-order valence-electron chi connectivity index (χ2n) is 4.79. The highest BCUT2D eigenvalue weighted by molar-refractivity contribution is 5.04. The van der Waals surface area contributed by atoms with Gasteiger partial charge in [0.05, 0.1) is 18.3 Å². The van der Waals surface area contributed by atoms with Gasteiger partial charge >= 0.3 is 0 Å². The van der Waals surface area contributed by atoms with Gasteiger partial charge in [0.25, 0.3) is 0 Å². The van der Waals surface area contributed by atoms with Crippen molar-refractivity contribution in [2.24, 2.45) is 0 Å². The van der Waals surface area contributed by atoms with Crippen LogP contribution in [0.25, 0.3) is 0 Å². The van der Waals surface area contributed by atoms with E-state index >= 15 is 0 Å². The summed E-state index contributed by atoms with van der Waals surface area (Å²) < 4.78 is 5.29. The summed E-state index contributed by atoms with van der Waals surface area (Å²) >= 11 is 0. The first kappa shape index (κ1) is 11.4. The predicted molar refractivity (Wildman–Crippen MR) is 64.6 cm³/mol. The van der Waals surface area contributed by atoms with Gasteiger partial charge in [0, 0.05) is 6.07 Å². The molecule has 0 spiro atoms. The third kappa shape index (κ3) is 2.28. The molecule has 0 aliphatic carbocycles. The molecule has 0 amide bonds. The molecule has 0 aromatic carbocycles. The molecule has 2 aromatic heterocycles. The number of hydrogen-bond donors (Lipinski definition) is 1. The van der Waals surface area contributed by atoms with Crippen molar-refractivity contribution in [1.29, 1.82) is 0 Å². The van der Waals surface area contributed by atoms with E-state index in [4.69, 9.17) is 4.52 Å². The minimum absolute atomic E-state index is 0.312. The van der Waals surface area contributed by atoms with Gasteiger partial charge in [-0.2, -0.15) is 5.10 Å². The smallest absolute Gasteiger partial charge is 0.150 e. The number of piperidine rings is 1. The van der Waals surface area contributed by atoms with Gasteiger partial charge in [0.15, 0.2) is 5.76 Å². The maximum Gasteiger partial charge on any atom is 0.150 e. The van der Waals surface area contributed by atoms with E-state index in [1.54, 1.807) is 6.33 Å². The van der Waals surface area contributed by atoms with Gasteiger partial charge in [-0.05, 0) is 26.3 Å². The van der Waals surface area contributed by atoms with E-state index < -0.39 is 0 Å². The van der Waals surface area contributed by atoms with Gasteiger partial charge in [-0.25, -0.2) is 4.98 Å². The first-order valence-corrected chi connectivity index (χ1v) is 6.34. The molecule has 0 unspecified atom stereocenters. The number of nitrogens with one attached hydrogen (secondary N) is 1. The van der Waals surface area contributed by atoms with E-state index in [0.717, 1.165) is 36.8 Å². The van der Waals surface area contributed by atoms with E-state index in [0.29, 0.717) is 6.04 Å². The van der Waals surface area contributed by atoms with Crippen LogP contribution in [-0.2, 0) is 6.54 Å². The fraction of sp³-hybridized carbons (Fsp3) is 0.583. The van der Waals surface area contributed by atoms with Crippen LogP contribution in [0, 0.1) is 6.92 Å². The summed E-state index contributed by atoms with van der Waals surface area (Å²) in [6.45, 7) is 3.79. The second kappa shape index (κ2) is 4.89. The first-order chi connectivity index (χ1) is 8.83. The lowest BCUT2D eigenvalue weighted by atomic mass is 10.0. The van der Waals surface area contributed by atoms with Crippen molar-refractivity contribution in [3.63, 3.8) is 0 Å². The van der Waals surface area contributed by atoms with Crippen molar-refractivity contribution in [2.45, 2.75) is 38.8 Å². The van der Waals surface area contributed by atoms with E-state index in [1.165, 1.54) is 12.8 Å². The molecule has 1 aliphatic rings. The van der Waals surface area contributed by atoms with E-state index in [1.807, 2.05) is 13.0 Å². The van der Waals surface area contributed by atoms with E-state index in [9.17, 15) is 0 Å². The van der Waals surface area contributed by atoms with Crippen molar-refractivity contribution >= 4 is 0 Å². The number of H-pyrrole nitrogens is 1. The van der Waals surface area contributed by atoms with Crippen LogP contribution >= 0.6 is 0 Å². The van der Waals surface area contributed by atoms with Crippen molar-refractivity contribution in [3.8, 4) is 0 Å². The third-order valence-electron chi connectivity index (χ3n) is 3.40. The quantitative estimate of drug-likeness (QED) is 0.896. The van der Waals surface area contributed by atoms with Gasteiger partial charge in [0.2, 0.25) is 0 Å². The summed E-state index contributed by atoms with van der Waals surface area (Å²) in [5, 5.41) is 10.9. The van der Waals surface area contributed by atoms with Crippen LogP contribution in [0.2, 0.25) is 0 Å². The Hall–Kier alpha value is -1.69. The molecule has 2 aromatic rings. The molecule has 18 heavy (non-hydrogen) atoms. The highest BCUT2D eigenvalue weighted by atomic mass is 16.5. The van der Waals surface area contributed by atoms with Gasteiger partial charge < -0.3 is 4.52 Å². The lowest BCUT2D eigenvalue weighted by Crippen LogP contribution is -2.33. The normalized spacial score (nSPS) is 21.3. The molecule has 96 valence electrons. The Morgan fingerprint density at radius 2 is 2.44 bits per heavy atom. The fourth-order valence-corrected chi connectivity index (χ4v) is 2.56. The summed E-state index contributed by atoms with van der Waals surface area (Å²) in [7, 11) is 0. The largest absolute Gasteiger partial charge is 0.360 e. The Balaban J connectivity index is 1.76. The molecule has 0 radical (unpaired) electrons. The summed E-state index contributed by atoms with van der Waals surface area (Å²) in [5.74, 6) is 1.87. The number of nitrogens with zero attached hydrogens (tertiary/aromatic N) is 4. The van der Waals surface area contributed by atoms with Crippen LogP contribution < -0.4 is 0 Å². The Labute approximate surface area is 105 Å². The number of aryl methyl sites for hydroxylation is 1. The van der Waals surface area contributed by atoms with Crippen molar-refractivity contribution in [3.05, 3.63) is 29.7 Å². The van der Waals surface area contributed by atoms with Gasteiger partial charge in [-0.15, -0.1) is 0 Å². The van der Waals surface area contributed by atoms with Gasteiger partial charge in [-0.3, -0.25) is 10.00 Å². The third-order valence-corrected chi connectivity index (χ3v) is 3.40. The van der Waals surface area contributed by atoms with Crippen LogP contribution in [0.15, 0.2) is 16.9 Å². The maximum atomic E-state index is 5.29. The molecule has 1 fully saturated rings. The monoisotopic (exact) mass is 247 g/mol. The number of likely N-dealkylation sites (tertiary alicyclic amines) is 1. The molecule has 1 saturated heterocycles. The Morgan fingerprint density at radius 3 is 3.17 bits per heavy atom. The topological polar surface area (TPSA) is 70.8 Å². The van der Waals surface area contributed by atoms with Crippen molar-refractivity contribution in [1.82, 2.24) is 25.2 Å². The molecule has 3 rings (SSSR count). The van der Waals surface area contributed by atoms with E-state index in [-0.39, 0.29) is 0 Å². The summed E-state index contributed by atoms with van der Waals surface area (Å²) in [6, 6.07) is 2.30. The highest BCUT2D eigenvalue weighted by Crippen LogP contribution is 2.29. The van der Waals surface area contributed by atoms with Crippen molar-refractivity contribution < 1.29 is 4.52 Å². The average Bonchev–Trinajstić information content (AvgIpc) is 3.02. The molecule has 1 aliphatic heterocycles. The van der Waals surface area contributed by atoms with Crippen LogP contribution in [0.5, 0.6) is 0 Å². The molecule has 1 N–H and O–H groups in total. The standard InChI is InChI=1S/C12H17N5O/c1-9-6-10(18-16-9)7-17-5-3-2-4-11(17)12-13-8-14-15-12/h6,8,11H,2-5,7H2,1H3,(H,13,14,15)/t11-/m1/s1. The molecule has 0 saturated carbocycles. The number of rotatable bonds is 3. The molecular weight excluding hydrogens is 230 g/mol. The second-order valence-corrected chi connectivity index (χ2v) is 4.79. The summed E-state index contributed by atoms with van der Waals surface area (Å²) in [5.41, 5.74) is 0.929. The number of aromatic nitrogens is 4. The molecule has 0 bridgehead atoms. The minimum Gasteiger partial charge on any atom is -0.360 e. The maximum absolute atomic E-state index is 5.29. The molecule has 1 atom stereocenters. The van der Waals surface area contributed by atoms with Gasteiger partial charge in [-0.1, -0.05) is 11.6 Å². The van der Waals surface area contributed by atoms with Crippen LogP contribution in [0.1, 0.15) is 42.6 Å². The molecule has 3 heterocycles. The lowest BCUT2D eigenvalue weighted by molar-refractivity contribution is 0.120. The SMILES string of the molecule is Cc1cc(CN2CCCC[C@@H]2c2ncn[nH]2)on1. The molecule has 6 nitrogen and oxygen atoms in total. The zero-order chi connectivity index (χ0) is 12.4. The van der Waals surface area contributed by atoms with E-state index in [2.05, 4.69) is 25.2 Å². The van der Waals surface area contributed by atoms with Crippen LogP contribution in [0.4, 0.5) is 0 Å². The first-order valence-electron chi connectivity index (χ1n) is 6.34. The Bertz CT molecular complexity index is 492. The zero-order valence-corrected chi connectivity index (χ0v) is 10.5. The number of hydrogen-bond acceptors (Lipinski definition) is 5. The Morgan fingerprint density at radius 1 is 1.50 bits per heavy atom. The van der Waals surface area contributed by atoms with Crippen LogP contribution in [-0.4, -0.2) is 31.8 Å². The molecule has 6 heteroatoms. The number of aromatic amines is 1. The average molecular weight is 247 g/mol.